The number of hydrogen-bond donors (Lipinski definition) is 1. The normalized spacial score (nSPS) is 22.2. The molecule has 0 amide bonds. The van der Waals surface area contributed by atoms with Gasteiger partial charge in [0.1, 0.15) is 5.82 Å². The van der Waals surface area contributed by atoms with Crippen molar-refractivity contribution in [2.24, 2.45) is 11.8 Å². The van der Waals surface area contributed by atoms with Gasteiger partial charge in [0.25, 0.3) is 0 Å². The summed E-state index contributed by atoms with van der Waals surface area (Å²) in [6.07, 6.45) is 4.41. The highest BCUT2D eigenvalue weighted by atomic mass is 19.1. The molecule has 0 saturated carbocycles. The van der Waals surface area contributed by atoms with Crippen molar-refractivity contribution in [2.45, 2.75) is 19.8 Å². The molecule has 0 aliphatic heterocycles. The maximum absolute atomic E-state index is 13.2. The van der Waals surface area contributed by atoms with E-state index in [1.165, 1.54) is 18.2 Å². The Bertz CT molecular complexity index is 548. The molecule has 0 radical (unpaired) electrons. The van der Waals surface area contributed by atoms with Crippen molar-refractivity contribution >= 4 is 11.8 Å². The van der Waals surface area contributed by atoms with E-state index >= 15 is 0 Å². The van der Waals surface area contributed by atoms with E-state index in [-0.39, 0.29) is 11.6 Å². The van der Waals surface area contributed by atoms with Crippen molar-refractivity contribution < 1.29 is 19.1 Å². The van der Waals surface area contributed by atoms with Crippen LogP contribution < -0.4 is 0 Å². The number of rotatable bonds is 3. The summed E-state index contributed by atoms with van der Waals surface area (Å²) in [7, 11) is 0. The summed E-state index contributed by atoms with van der Waals surface area (Å²) in [5.74, 6) is -2.80. The molecule has 2 atom stereocenters. The lowest BCUT2D eigenvalue weighted by Gasteiger charge is -2.24. The number of carboxylic acid groups (broad SMARTS) is 1. The first-order valence-electron chi connectivity index (χ1n) is 6.19. The van der Waals surface area contributed by atoms with E-state index in [0.717, 1.165) is 0 Å². The van der Waals surface area contributed by atoms with E-state index in [0.29, 0.717) is 24.0 Å². The number of aliphatic carboxylic acids is 1. The molecule has 0 spiro atoms. The van der Waals surface area contributed by atoms with Crippen LogP contribution in [0.3, 0.4) is 0 Å². The minimum Gasteiger partial charge on any atom is -0.481 e. The highest BCUT2D eigenvalue weighted by Crippen LogP contribution is 2.29. The van der Waals surface area contributed by atoms with Crippen LogP contribution in [0.5, 0.6) is 0 Å². The Morgan fingerprint density at radius 3 is 2.42 bits per heavy atom. The largest absolute Gasteiger partial charge is 0.481 e. The predicted octanol–water partition coefficient (Wildman–Crippen LogP) is 2.98. The van der Waals surface area contributed by atoms with Gasteiger partial charge < -0.3 is 5.11 Å². The highest BCUT2D eigenvalue weighted by Gasteiger charge is 2.34. The number of ketones is 1. The van der Waals surface area contributed by atoms with Crippen LogP contribution in [0.1, 0.15) is 28.8 Å². The third-order valence-corrected chi connectivity index (χ3v) is 3.53. The lowest BCUT2D eigenvalue weighted by molar-refractivity contribution is -0.143. The molecule has 2 unspecified atom stereocenters. The Hall–Kier alpha value is -1.97. The summed E-state index contributed by atoms with van der Waals surface area (Å²) in [5, 5.41) is 9.16. The predicted molar refractivity (Wildman–Crippen MR) is 68.5 cm³/mol. The molecule has 1 aromatic carbocycles. The number of carbonyl (C=O) groups is 2. The van der Waals surface area contributed by atoms with E-state index < -0.39 is 17.8 Å². The van der Waals surface area contributed by atoms with Gasteiger partial charge in [-0.3, -0.25) is 9.59 Å². The van der Waals surface area contributed by atoms with Gasteiger partial charge in [-0.2, -0.15) is 0 Å². The van der Waals surface area contributed by atoms with Gasteiger partial charge in [0, 0.05) is 11.5 Å². The van der Waals surface area contributed by atoms with E-state index in [2.05, 4.69) is 0 Å². The maximum Gasteiger partial charge on any atom is 0.307 e. The molecule has 0 bridgehead atoms. The molecular weight excluding hydrogens is 247 g/mol. The Labute approximate surface area is 110 Å². The zero-order valence-corrected chi connectivity index (χ0v) is 10.6. The summed E-state index contributed by atoms with van der Waals surface area (Å²) in [5.41, 5.74) is 0.773. The number of carbonyl (C=O) groups excluding carboxylic acids is 1. The summed E-state index contributed by atoms with van der Waals surface area (Å²) >= 11 is 0. The molecule has 0 aromatic heterocycles. The number of Topliss-reactive ketones (excluding diaryl/α,β-unsaturated/α-hetero) is 1. The SMILES string of the molecule is Cc1cc(C(=O)C2CC=CCC2C(=O)O)ccc1F. The van der Waals surface area contributed by atoms with E-state index in [1.807, 2.05) is 6.08 Å². The first kappa shape index (κ1) is 13.5. The second-order valence-corrected chi connectivity index (χ2v) is 4.82. The molecular formula is C15H15FO3. The zero-order valence-electron chi connectivity index (χ0n) is 10.6. The lowest BCUT2D eigenvalue weighted by Crippen LogP contribution is -2.31. The van der Waals surface area contributed by atoms with Gasteiger partial charge in [0.15, 0.2) is 5.78 Å². The Morgan fingerprint density at radius 2 is 1.84 bits per heavy atom. The smallest absolute Gasteiger partial charge is 0.307 e. The molecule has 1 aromatic rings. The first-order valence-corrected chi connectivity index (χ1v) is 6.19. The Morgan fingerprint density at radius 1 is 1.21 bits per heavy atom. The molecule has 3 nitrogen and oxygen atoms in total. The summed E-state index contributed by atoms with van der Waals surface area (Å²) < 4.78 is 13.2. The molecule has 4 heteroatoms. The fourth-order valence-electron chi connectivity index (χ4n) is 2.39. The molecule has 100 valence electrons. The number of benzene rings is 1. The van der Waals surface area contributed by atoms with Crippen LogP contribution in [0.2, 0.25) is 0 Å². The van der Waals surface area contributed by atoms with Crippen LogP contribution >= 0.6 is 0 Å². The van der Waals surface area contributed by atoms with E-state index in [1.54, 1.807) is 13.0 Å². The van der Waals surface area contributed by atoms with Gasteiger partial charge in [0.2, 0.25) is 0 Å². The molecule has 0 heterocycles. The van der Waals surface area contributed by atoms with Crippen molar-refractivity contribution in [3.63, 3.8) is 0 Å². The van der Waals surface area contributed by atoms with Gasteiger partial charge in [0.05, 0.1) is 5.92 Å². The van der Waals surface area contributed by atoms with Crippen molar-refractivity contribution in [3.05, 3.63) is 47.3 Å². The summed E-state index contributed by atoms with van der Waals surface area (Å²) in [4.78, 5) is 23.5. The van der Waals surface area contributed by atoms with Crippen LogP contribution in [-0.2, 0) is 4.79 Å². The van der Waals surface area contributed by atoms with Crippen molar-refractivity contribution in [1.82, 2.24) is 0 Å². The van der Waals surface area contributed by atoms with Crippen LogP contribution in [0.25, 0.3) is 0 Å². The zero-order chi connectivity index (χ0) is 14.0. The average molecular weight is 262 g/mol. The monoisotopic (exact) mass is 262 g/mol. The average Bonchev–Trinajstić information content (AvgIpc) is 2.41. The lowest BCUT2D eigenvalue weighted by atomic mass is 9.78. The number of carboxylic acids is 1. The third-order valence-electron chi connectivity index (χ3n) is 3.53. The van der Waals surface area contributed by atoms with Crippen molar-refractivity contribution in [1.29, 1.82) is 0 Å². The fourth-order valence-corrected chi connectivity index (χ4v) is 2.39. The second kappa shape index (κ2) is 5.34. The second-order valence-electron chi connectivity index (χ2n) is 4.82. The fraction of sp³-hybridized carbons (Fsp3) is 0.333. The summed E-state index contributed by atoms with van der Waals surface area (Å²) in [6, 6.07) is 4.15. The first-order chi connectivity index (χ1) is 9.00. The molecule has 0 fully saturated rings. The molecule has 0 saturated heterocycles. The van der Waals surface area contributed by atoms with Crippen molar-refractivity contribution in [2.75, 3.05) is 0 Å². The Kier molecular flexibility index (Phi) is 3.79. The summed E-state index contributed by atoms with van der Waals surface area (Å²) in [6.45, 7) is 1.58. The minimum atomic E-state index is -0.957. The minimum absolute atomic E-state index is 0.222. The quantitative estimate of drug-likeness (QED) is 0.673. The number of allylic oxidation sites excluding steroid dienone is 2. The van der Waals surface area contributed by atoms with Crippen LogP contribution in [-0.4, -0.2) is 16.9 Å². The topological polar surface area (TPSA) is 54.4 Å². The van der Waals surface area contributed by atoms with Gasteiger partial charge in [-0.1, -0.05) is 12.2 Å². The molecule has 2 rings (SSSR count). The van der Waals surface area contributed by atoms with Gasteiger partial charge in [-0.15, -0.1) is 0 Å². The molecule has 1 aliphatic rings. The molecule has 19 heavy (non-hydrogen) atoms. The van der Waals surface area contributed by atoms with Gasteiger partial charge >= 0.3 is 5.97 Å². The number of halogens is 1. The number of hydrogen-bond acceptors (Lipinski definition) is 2. The van der Waals surface area contributed by atoms with Crippen molar-refractivity contribution in [3.8, 4) is 0 Å². The maximum atomic E-state index is 13.2. The van der Waals surface area contributed by atoms with E-state index in [4.69, 9.17) is 5.11 Å². The van der Waals surface area contributed by atoms with Crippen LogP contribution in [0.4, 0.5) is 4.39 Å². The van der Waals surface area contributed by atoms with Gasteiger partial charge in [-0.05, 0) is 43.5 Å². The standard InChI is InChI=1S/C15H15FO3/c1-9-8-10(6-7-13(9)16)14(17)11-4-2-3-5-12(11)15(18)19/h2-3,6-8,11-12H,4-5H2,1H3,(H,18,19). The van der Waals surface area contributed by atoms with Crippen LogP contribution in [0, 0.1) is 24.6 Å². The van der Waals surface area contributed by atoms with E-state index in [9.17, 15) is 14.0 Å². The molecule has 1 aliphatic carbocycles. The van der Waals surface area contributed by atoms with Gasteiger partial charge in [-0.25, -0.2) is 4.39 Å². The molecule has 1 N–H and O–H groups in total. The number of aryl methyl sites for hydroxylation is 1. The van der Waals surface area contributed by atoms with Crippen LogP contribution in [0.15, 0.2) is 30.4 Å². The third kappa shape index (κ3) is 2.72. The Balaban J connectivity index is 2.29. The highest BCUT2D eigenvalue weighted by molar-refractivity contribution is 6.00.